The molecule has 1 aromatic rings. The van der Waals surface area contributed by atoms with Gasteiger partial charge in [-0.2, -0.15) is 0 Å². The SMILES string of the molecule is O=C(NCC1(O)CCOCC1)c1c(O)cccc1F. The molecule has 5 nitrogen and oxygen atoms in total. The molecule has 0 atom stereocenters. The number of phenols is 1. The summed E-state index contributed by atoms with van der Waals surface area (Å²) in [5.74, 6) is -1.96. The van der Waals surface area contributed by atoms with Gasteiger partial charge in [0.05, 0.1) is 5.60 Å². The summed E-state index contributed by atoms with van der Waals surface area (Å²) in [6.07, 6.45) is 0.826. The van der Waals surface area contributed by atoms with Crippen molar-refractivity contribution >= 4 is 5.91 Å². The van der Waals surface area contributed by atoms with Crippen LogP contribution < -0.4 is 5.32 Å². The fourth-order valence-electron chi connectivity index (χ4n) is 2.00. The Morgan fingerprint density at radius 1 is 1.42 bits per heavy atom. The third kappa shape index (κ3) is 3.21. The highest BCUT2D eigenvalue weighted by atomic mass is 19.1. The Balaban J connectivity index is 2.01. The van der Waals surface area contributed by atoms with Gasteiger partial charge in [-0.1, -0.05) is 6.07 Å². The zero-order valence-corrected chi connectivity index (χ0v) is 10.4. The van der Waals surface area contributed by atoms with Crippen molar-refractivity contribution in [2.24, 2.45) is 0 Å². The molecule has 1 fully saturated rings. The predicted molar refractivity (Wildman–Crippen MR) is 65.4 cm³/mol. The number of carbonyl (C=O) groups is 1. The van der Waals surface area contributed by atoms with E-state index in [4.69, 9.17) is 4.74 Å². The summed E-state index contributed by atoms with van der Waals surface area (Å²) in [6.45, 7) is 0.859. The zero-order valence-electron chi connectivity index (χ0n) is 10.4. The van der Waals surface area contributed by atoms with Crippen LogP contribution in [0.5, 0.6) is 5.75 Å². The smallest absolute Gasteiger partial charge is 0.258 e. The zero-order chi connectivity index (χ0) is 13.9. The molecular weight excluding hydrogens is 253 g/mol. The molecule has 0 unspecified atom stereocenters. The molecule has 0 radical (unpaired) electrons. The molecule has 2 rings (SSSR count). The van der Waals surface area contributed by atoms with Crippen molar-refractivity contribution < 1.29 is 24.1 Å². The van der Waals surface area contributed by atoms with E-state index in [1.807, 2.05) is 0 Å². The van der Waals surface area contributed by atoms with Gasteiger partial charge in [-0.25, -0.2) is 4.39 Å². The van der Waals surface area contributed by atoms with Crippen molar-refractivity contribution in [3.8, 4) is 5.75 Å². The minimum absolute atomic E-state index is 0.00294. The summed E-state index contributed by atoms with van der Waals surface area (Å²) in [5.41, 5.74) is -1.44. The number of aromatic hydroxyl groups is 1. The van der Waals surface area contributed by atoms with Gasteiger partial charge < -0.3 is 20.3 Å². The van der Waals surface area contributed by atoms with Crippen molar-refractivity contribution in [3.05, 3.63) is 29.6 Å². The molecular formula is C13H16FNO4. The molecule has 104 valence electrons. The second-order valence-electron chi connectivity index (χ2n) is 4.65. The van der Waals surface area contributed by atoms with E-state index in [9.17, 15) is 19.4 Å². The van der Waals surface area contributed by atoms with E-state index in [0.717, 1.165) is 6.07 Å². The first-order valence-electron chi connectivity index (χ1n) is 6.08. The Labute approximate surface area is 110 Å². The third-order valence-electron chi connectivity index (χ3n) is 3.22. The number of ether oxygens (including phenoxy) is 1. The van der Waals surface area contributed by atoms with E-state index in [1.54, 1.807) is 0 Å². The quantitative estimate of drug-likeness (QED) is 0.758. The van der Waals surface area contributed by atoms with Gasteiger partial charge in [0, 0.05) is 32.6 Å². The van der Waals surface area contributed by atoms with Crippen molar-refractivity contribution in [1.29, 1.82) is 0 Å². The molecule has 19 heavy (non-hydrogen) atoms. The van der Waals surface area contributed by atoms with Crippen LogP contribution in [0.2, 0.25) is 0 Å². The number of nitrogens with one attached hydrogen (secondary N) is 1. The first-order chi connectivity index (χ1) is 9.02. The number of carbonyl (C=O) groups excluding carboxylic acids is 1. The van der Waals surface area contributed by atoms with E-state index in [2.05, 4.69) is 5.32 Å². The maximum atomic E-state index is 13.5. The highest BCUT2D eigenvalue weighted by Crippen LogP contribution is 2.22. The molecule has 6 heteroatoms. The minimum Gasteiger partial charge on any atom is -0.507 e. The fraction of sp³-hybridized carbons (Fsp3) is 0.462. The van der Waals surface area contributed by atoms with E-state index < -0.39 is 28.6 Å². The van der Waals surface area contributed by atoms with Crippen molar-refractivity contribution in [3.63, 3.8) is 0 Å². The lowest BCUT2D eigenvalue weighted by Gasteiger charge is -2.32. The Bertz CT molecular complexity index is 451. The average molecular weight is 269 g/mol. The highest BCUT2D eigenvalue weighted by Gasteiger charge is 2.30. The molecule has 0 saturated carbocycles. The first-order valence-corrected chi connectivity index (χ1v) is 6.08. The summed E-state index contributed by atoms with van der Waals surface area (Å²) >= 11 is 0. The fourth-order valence-corrected chi connectivity index (χ4v) is 2.00. The summed E-state index contributed by atoms with van der Waals surface area (Å²) in [7, 11) is 0. The van der Waals surface area contributed by atoms with E-state index in [-0.39, 0.29) is 6.54 Å². The van der Waals surface area contributed by atoms with Crippen LogP contribution in [0, 0.1) is 5.82 Å². The second-order valence-corrected chi connectivity index (χ2v) is 4.65. The van der Waals surface area contributed by atoms with Gasteiger partial charge in [-0.05, 0) is 12.1 Å². The molecule has 0 bridgehead atoms. The Hall–Kier alpha value is -1.66. The summed E-state index contributed by atoms with van der Waals surface area (Å²) < 4.78 is 18.6. The lowest BCUT2D eigenvalue weighted by Crippen LogP contribution is -2.46. The number of rotatable bonds is 3. The second kappa shape index (κ2) is 5.54. The van der Waals surface area contributed by atoms with Gasteiger partial charge in [-0.3, -0.25) is 4.79 Å². The van der Waals surface area contributed by atoms with Gasteiger partial charge in [0.15, 0.2) is 0 Å². The molecule has 1 aliphatic rings. The minimum atomic E-state index is -1.03. The van der Waals surface area contributed by atoms with Gasteiger partial charge in [0.2, 0.25) is 0 Å². The molecule has 1 aromatic carbocycles. The van der Waals surface area contributed by atoms with Gasteiger partial charge >= 0.3 is 0 Å². The summed E-state index contributed by atoms with van der Waals surface area (Å²) in [4.78, 5) is 11.8. The monoisotopic (exact) mass is 269 g/mol. The standard InChI is InChI=1S/C13H16FNO4/c14-9-2-1-3-10(16)11(9)12(17)15-8-13(18)4-6-19-7-5-13/h1-3,16,18H,4-8H2,(H,15,17). The van der Waals surface area contributed by atoms with Crippen LogP contribution in [-0.2, 0) is 4.74 Å². The molecule has 3 N–H and O–H groups in total. The van der Waals surface area contributed by atoms with Crippen molar-refractivity contribution in [2.75, 3.05) is 19.8 Å². The number of hydrogen-bond donors (Lipinski definition) is 3. The number of aliphatic hydroxyl groups is 1. The van der Waals surface area contributed by atoms with Crippen LogP contribution in [0.4, 0.5) is 4.39 Å². The summed E-state index contributed by atoms with van der Waals surface area (Å²) in [5, 5.41) is 22.1. The van der Waals surface area contributed by atoms with Crippen molar-refractivity contribution in [2.45, 2.75) is 18.4 Å². The van der Waals surface area contributed by atoms with Gasteiger partial charge in [0.25, 0.3) is 5.91 Å². The largest absolute Gasteiger partial charge is 0.507 e. The lowest BCUT2D eigenvalue weighted by atomic mass is 9.94. The molecule has 0 aromatic heterocycles. The average Bonchev–Trinajstić information content (AvgIpc) is 2.37. The van der Waals surface area contributed by atoms with Crippen LogP contribution in [0.15, 0.2) is 18.2 Å². The molecule has 1 amide bonds. The molecule has 1 aliphatic heterocycles. The normalized spacial score (nSPS) is 18.0. The van der Waals surface area contributed by atoms with Crippen LogP contribution in [0.25, 0.3) is 0 Å². The van der Waals surface area contributed by atoms with Crippen LogP contribution >= 0.6 is 0 Å². The van der Waals surface area contributed by atoms with E-state index in [0.29, 0.717) is 26.1 Å². The van der Waals surface area contributed by atoms with E-state index >= 15 is 0 Å². The molecule has 0 spiro atoms. The first kappa shape index (κ1) is 13.8. The van der Waals surface area contributed by atoms with Crippen LogP contribution in [0.1, 0.15) is 23.2 Å². The Kier molecular flexibility index (Phi) is 4.01. The highest BCUT2D eigenvalue weighted by molar-refractivity contribution is 5.97. The lowest BCUT2D eigenvalue weighted by molar-refractivity contribution is -0.0605. The predicted octanol–water partition coefficient (Wildman–Crippen LogP) is 0.803. The number of halogens is 1. The molecule has 0 aliphatic carbocycles. The number of benzene rings is 1. The van der Waals surface area contributed by atoms with Crippen LogP contribution in [0.3, 0.4) is 0 Å². The Morgan fingerprint density at radius 2 is 2.11 bits per heavy atom. The van der Waals surface area contributed by atoms with E-state index in [1.165, 1.54) is 12.1 Å². The maximum Gasteiger partial charge on any atom is 0.258 e. The molecule has 1 heterocycles. The topological polar surface area (TPSA) is 78.8 Å². The third-order valence-corrected chi connectivity index (χ3v) is 3.22. The van der Waals surface area contributed by atoms with Crippen molar-refractivity contribution in [1.82, 2.24) is 5.32 Å². The van der Waals surface area contributed by atoms with Gasteiger partial charge in [-0.15, -0.1) is 0 Å². The summed E-state index contributed by atoms with van der Waals surface area (Å²) in [6, 6.07) is 3.65. The van der Waals surface area contributed by atoms with Gasteiger partial charge in [0.1, 0.15) is 17.1 Å². The maximum absolute atomic E-state index is 13.5. The number of phenolic OH excluding ortho intramolecular Hbond substituents is 1. The number of amides is 1. The molecule has 1 saturated heterocycles. The number of hydrogen-bond acceptors (Lipinski definition) is 4. The Morgan fingerprint density at radius 3 is 2.74 bits per heavy atom. The van der Waals surface area contributed by atoms with Crippen LogP contribution in [-0.4, -0.2) is 41.5 Å².